The van der Waals surface area contributed by atoms with Gasteiger partial charge in [-0.1, -0.05) is 18.2 Å². The minimum absolute atomic E-state index is 0.251. The Morgan fingerprint density at radius 2 is 1.73 bits per heavy atom. The summed E-state index contributed by atoms with van der Waals surface area (Å²) >= 11 is 0. The van der Waals surface area contributed by atoms with Crippen molar-refractivity contribution in [2.75, 3.05) is 37.9 Å². The highest BCUT2D eigenvalue weighted by molar-refractivity contribution is 7.92. The van der Waals surface area contributed by atoms with Crippen LogP contribution in [0.15, 0.2) is 36.4 Å². The highest BCUT2D eigenvalue weighted by atomic mass is 32.2. The molecule has 0 bridgehead atoms. The predicted molar refractivity (Wildman–Crippen MR) is 119 cm³/mol. The average molecular weight is 435 g/mol. The smallest absolute Gasteiger partial charge is 0.240 e. The molecule has 0 aliphatic heterocycles. The quantitative estimate of drug-likeness (QED) is 0.581. The number of carbonyl (C=O) groups excluding carboxylic acids is 1. The van der Waals surface area contributed by atoms with Crippen LogP contribution in [-0.4, -0.2) is 47.9 Å². The fourth-order valence-electron chi connectivity index (χ4n) is 3.11. The summed E-state index contributed by atoms with van der Waals surface area (Å²) in [5, 5.41) is 2.81. The minimum atomic E-state index is -3.59. The van der Waals surface area contributed by atoms with E-state index in [2.05, 4.69) is 5.32 Å². The van der Waals surface area contributed by atoms with Gasteiger partial charge in [-0.3, -0.25) is 9.10 Å². The standard InChI is InChI=1S/C22H30N2O5S/c1-16-8-9-17(2)19(13-16)24(30(5,26)27)15-22(25)23-12-6-7-18-10-11-20(28-3)21(14-18)29-4/h8-11,13-14H,6-7,12,15H2,1-5H3,(H,23,25). The topological polar surface area (TPSA) is 84.9 Å². The number of methoxy groups -OCH3 is 2. The molecule has 0 atom stereocenters. The first kappa shape index (κ1) is 23.5. The van der Waals surface area contributed by atoms with E-state index in [-0.39, 0.29) is 12.5 Å². The molecule has 2 aromatic rings. The zero-order valence-corrected chi connectivity index (χ0v) is 19.0. The van der Waals surface area contributed by atoms with Gasteiger partial charge in [0.05, 0.1) is 26.2 Å². The molecule has 7 nitrogen and oxygen atoms in total. The third-order valence-corrected chi connectivity index (χ3v) is 5.86. The number of anilines is 1. The number of benzene rings is 2. The van der Waals surface area contributed by atoms with Crippen molar-refractivity contribution in [1.82, 2.24) is 5.32 Å². The number of aryl methyl sites for hydroxylation is 3. The van der Waals surface area contributed by atoms with E-state index in [1.165, 1.54) is 0 Å². The van der Waals surface area contributed by atoms with Gasteiger partial charge in [-0.05, 0) is 61.6 Å². The second-order valence-corrected chi connectivity index (χ2v) is 9.11. The molecule has 0 aliphatic rings. The Morgan fingerprint density at radius 3 is 2.37 bits per heavy atom. The van der Waals surface area contributed by atoms with Gasteiger partial charge in [0.1, 0.15) is 6.54 Å². The zero-order valence-electron chi connectivity index (χ0n) is 18.2. The van der Waals surface area contributed by atoms with Gasteiger partial charge in [0.2, 0.25) is 15.9 Å². The van der Waals surface area contributed by atoms with Crippen LogP contribution >= 0.6 is 0 Å². The third kappa shape index (κ3) is 6.38. The second kappa shape index (κ2) is 10.3. The zero-order chi connectivity index (χ0) is 22.3. The van der Waals surface area contributed by atoms with Crippen molar-refractivity contribution in [2.45, 2.75) is 26.7 Å². The van der Waals surface area contributed by atoms with Crippen LogP contribution in [0.5, 0.6) is 11.5 Å². The van der Waals surface area contributed by atoms with Crippen molar-refractivity contribution in [3.05, 3.63) is 53.1 Å². The average Bonchev–Trinajstić information content (AvgIpc) is 2.70. The summed E-state index contributed by atoms with van der Waals surface area (Å²) in [6.07, 6.45) is 2.57. The molecule has 1 amide bonds. The van der Waals surface area contributed by atoms with Gasteiger partial charge in [-0.25, -0.2) is 8.42 Å². The van der Waals surface area contributed by atoms with Crippen LogP contribution in [0.25, 0.3) is 0 Å². The van der Waals surface area contributed by atoms with Crippen molar-refractivity contribution >= 4 is 21.6 Å². The summed E-state index contributed by atoms with van der Waals surface area (Å²) in [5.74, 6) is 0.992. The molecule has 8 heteroatoms. The first-order valence-corrected chi connectivity index (χ1v) is 11.5. The third-order valence-electron chi connectivity index (χ3n) is 4.73. The largest absolute Gasteiger partial charge is 0.493 e. The maximum absolute atomic E-state index is 12.4. The summed E-state index contributed by atoms with van der Waals surface area (Å²) in [7, 11) is -0.416. The molecule has 30 heavy (non-hydrogen) atoms. The predicted octanol–water partition coefficient (Wildman–Crippen LogP) is 2.84. The summed E-state index contributed by atoms with van der Waals surface area (Å²) in [4.78, 5) is 12.4. The molecule has 0 heterocycles. The highest BCUT2D eigenvalue weighted by Crippen LogP contribution is 2.28. The van der Waals surface area contributed by atoms with Crippen LogP contribution in [0.3, 0.4) is 0 Å². The molecule has 164 valence electrons. The highest BCUT2D eigenvalue weighted by Gasteiger charge is 2.22. The van der Waals surface area contributed by atoms with E-state index in [0.717, 1.165) is 33.7 Å². The number of rotatable bonds is 10. The van der Waals surface area contributed by atoms with Gasteiger partial charge < -0.3 is 14.8 Å². The van der Waals surface area contributed by atoms with E-state index in [0.29, 0.717) is 30.2 Å². The molecule has 2 aromatic carbocycles. The monoisotopic (exact) mass is 434 g/mol. The number of carbonyl (C=O) groups is 1. The molecule has 2 rings (SSSR count). The van der Waals surface area contributed by atoms with E-state index >= 15 is 0 Å². The van der Waals surface area contributed by atoms with Crippen molar-refractivity contribution in [3.63, 3.8) is 0 Å². The van der Waals surface area contributed by atoms with Crippen LogP contribution in [0.4, 0.5) is 5.69 Å². The maximum Gasteiger partial charge on any atom is 0.240 e. The van der Waals surface area contributed by atoms with Gasteiger partial charge in [-0.15, -0.1) is 0 Å². The Bertz CT molecular complexity index is 989. The van der Waals surface area contributed by atoms with E-state index in [4.69, 9.17) is 9.47 Å². The van der Waals surface area contributed by atoms with Gasteiger partial charge in [-0.2, -0.15) is 0 Å². The van der Waals surface area contributed by atoms with Crippen LogP contribution in [0.1, 0.15) is 23.1 Å². The SMILES string of the molecule is COc1ccc(CCCNC(=O)CN(c2cc(C)ccc2C)S(C)(=O)=O)cc1OC. The Morgan fingerprint density at radius 1 is 1.03 bits per heavy atom. The van der Waals surface area contributed by atoms with Crippen molar-refractivity contribution in [3.8, 4) is 11.5 Å². The second-order valence-electron chi connectivity index (χ2n) is 7.20. The number of nitrogens with one attached hydrogen (secondary N) is 1. The lowest BCUT2D eigenvalue weighted by Gasteiger charge is -2.24. The molecule has 1 N–H and O–H groups in total. The Kier molecular flexibility index (Phi) is 8.11. The summed E-state index contributed by atoms with van der Waals surface area (Å²) < 4.78 is 36.2. The fourth-order valence-corrected chi connectivity index (χ4v) is 4.02. The number of ether oxygens (including phenoxy) is 2. The summed E-state index contributed by atoms with van der Waals surface area (Å²) in [5.41, 5.74) is 3.32. The fraction of sp³-hybridized carbons (Fsp3) is 0.409. The molecular formula is C22H30N2O5S. The van der Waals surface area contributed by atoms with Gasteiger partial charge >= 0.3 is 0 Å². The van der Waals surface area contributed by atoms with Gasteiger partial charge in [0, 0.05) is 6.54 Å². The van der Waals surface area contributed by atoms with Gasteiger partial charge in [0.15, 0.2) is 11.5 Å². The van der Waals surface area contributed by atoms with Crippen LogP contribution in [0.2, 0.25) is 0 Å². The Labute approximate surface area is 179 Å². The summed E-state index contributed by atoms with van der Waals surface area (Å²) in [6, 6.07) is 11.3. The van der Waals surface area contributed by atoms with Crippen molar-refractivity contribution in [2.24, 2.45) is 0 Å². The number of hydrogen-bond donors (Lipinski definition) is 1. The maximum atomic E-state index is 12.4. The molecule has 0 aromatic heterocycles. The van der Waals surface area contributed by atoms with E-state index in [1.54, 1.807) is 20.3 Å². The van der Waals surface area contributed by atoms with E-state index < -0.39 is 10.0 Å². The lowest BCUT2D eigenvalue weighted by Crippen LogP contribution is -2.41. The minimum Gasteiger partial charge on any atom is -0.493 e. The number of sulfonamides is 1. The Hall–Kier alpha value is -2.74. The molecule has 0 unspecified atom stereocenters. The number of amides is 1. The lowest BCUT2D eigenvalue weighted by molar-refractivity contribution is -0.119. The first-order valence-electron chi connectivity index (χ1n) is 9.68. The molecule has 0 saturated carbocycles. The lowest BCUT2D eigenvalue weighted by atomic mass is 10.1. The normalized spacial score (nSPS) is 11.1. The van der Waals surface area contributed by atoms with E-state index in [1.807, 2.05) is 44.2 Å². The number of nitrogens with zero attached hydrogens (tertiary/aromatic N) is 1. The van der Waals surface area contributed by atoms with Gasteiger partial charge in [0.25, 0.3) is 0 Å². The van der Waals surface area contributed by atoms with Crippen LogP contribution in [0, 0.1) is 13.8 Å². The van der Waals surface area contributed by atoms with E-state index in [9.17, 15) is 13.2 Å². The molecule has 0 radical (unpaired) electrons. The summed E-state index contributed by atoms with van der Waals surface area (Å²) in [6.45, 7) is 3.91. The van der Waals surface area contributed by atoms with Crippen LogP contribution < -0.4 is 19.1 Å². The molecule has 0 saturated heterocycles. The first-order chi connectivity index (χ1) is 14.2. The molecular weight excluding hydrogens is 404 g/mol. The molecule has 0 fully saturated rings. The Balaban J connectivity index is 1.94. The molecule has 0 spiro atoms. The van der Waals surface area contributed by atoms with Crippen molar-refractivity contribution in [1.29, 1.82) is 0 Å². The number of hydrogen-bond acceptors (Lipinski definition) is 5. The van der Waals surface area contributed by atoms with Crippen LogP contribution in [-0.2, 0) is 21.2 Å². The molecule has 0 aliphatic carbocycles. The van der Waals surface area contributed by atoms with Crippen molar-refractivity contribution < 1.29 is 22.7 Å².